The molecular formula is C13H21N3O3S2. The number of hydrogen-bond acceptors (Lipinski definition) is 7. The third kappa shape index (κ3) is 5.64. The van der Waals surface area contributed by atoms with E-state index < -0.39 is 6.04 Å². The number of rotatable bonds is 8. The summed E-state index contributed by atoms with van der Waals surface area (Å²) in [7, 11) is 1.33. The van der Waals surface area contributed by atoms with Crippen LogP contribution in [0, 0.1) is 0 Å². The van der Waals surface area contributed by atoms with Crippen molar-refractivity contribution in [2.75, 3.05) is 24.3 Å². The molecule has 8 heteroatoms. The lowest BCUT2D eigenvalue weighted by Crippen LogP contribution is -2.31. The van der Waals surface area contributed by atoms with Crippen LogP contribution < -0.4 is 10.6 Å². The maximum absolute atomic E-state index is 11.4. The first-order valence-electron chi connectivity index (χ1n) is 6.63. The molecule has 1 atom stereocenters. The van der Waals surface area contributed by atoms with Crippen molar-refractivity contribution in [3.63, 3.8) is 0 Å². The van der Waals surface area contributed by atoms with Gasteiger partial charge in [-0.15, -0.1) is 11.3 Å². The highest BCUT2D eigenvalue weighted by atomic mass is 32.2. The molecule has 1 unspecified atom stereocenters. The van der Waals surface area contributed by atoms with Crippen LogP contribution >= 0.6 is 23.1 Å². The lowest BCUT2D eigenvalue weighted by atomic mass is 10.2. The molecule has 118 valence electrons. The van der Waals surface area contributed by atoms with Crippen LogP contribution in [-0.4, -0.2) is 42.3 Å². The van der Waals surface area contributed by atoms with Gasteiger partial charge in [0, 0.05) is 24.6 Å². The Hall–Kier alpha value is -1.12. The van der Waals surface area contributed by atoms with Gasteiger partial charge in [0.25, 0.3) is 0 Å². The molecule has 0 spiro atoms. The molecule has 0 fully saturated rings. The lowest BCUT2D eigenvalue weighted by Gasteiger charge is -2.14. The van der Waals surface area contributed by atoms with Gasteiger partial charge in [0.15, 0.2) is 5.13 Å². The summed E-state index contributed by atoms with van der Waals surface area (Å²) in [4.78, 5) is 28.7. The highest BCUT2D eigenvalue weighted by Gasteiger charge is 2.15. The van der Waals surface area contributed by atoms with Gasteiger partial charge in [0.1, 0.15) is 6.04 Å². The predicted molar refractivity (Wildman–Crippen MR) is 86.6 cm³/mol. The van der Waals surface area contributed by atoms with Gasteiger partial charge in [0.2, 0.25) is 5.91 Å². The summed E-state index contributed by atoms with van der Waals surface area (Å²) >= 11 is 3.12. The van der Waals surface area contributed by atoms with Gasteiger partial charge < -0.3 is 10.5 Å². The minimum atomic E-state index is -0.568. The molecule has 2 N–H and O–H groups in total. The first-order valence-corrected chi connectivity index (χ1v) is 8.66. The van der Waals surface area contributed by atoms with Gasteiger partial charge in [0.05, 0.1) is 12.8 Å². The molecule has 0 aliphatic rings. The number of thiazole rings is 1. The molecule has 1 aromatic rings. The average molecular weight is 331 g/mol. The second kappa shape index (κ2) is 9.01. The van der Waals surface area contributed by atoms with Gasteiger partial charge in [-0.2, -0.15) is 11.8 Å². The summed E-state index contributed by atoms with van der Waals surface area (Å²) < 4.78 is 4.57. The lowest BCUT2D eigenvalue weighted by molar-refractivity contribution is -0.142. The summed E-state index contributed by atoms with van der Waals surface area (Å²) in [5.74, 6) is 1.11. The van der Waals surface area contributed by atoms with Gasteiger partial charge in [-0.3, -0.25) is 14.5 Å². The zero-order chi connectivity index (χ0) is 15.8. The molecule has 0 radical (unpaired) electrons. The second-order valence-electron chi connectivity index (χ2n) is 4.36. The number of amides is 1. The second-order valence-corrected chi connectivity index (χ2v) is 6.30. The fraction of sp³-hybridized carbons (Fsp3) is 0.615. The molecule has 0 bridgehead atoms. The molecule has 1 rings (SSSR count). The van der Waals surface area contributed by atoms with Gasteiger partial charge in [-0.1, -0.05) is 0 Å². The Bertz CT molecular complexity index is 479. The summed E-state index contributed by atoms with van der Waals surface area (Å²) in [5.41, 5.74) is 6.59. The predicted octanol–water partition coefficient (Wildman–Crippen LogP) is 1.64. The molecular weight excluding hydrogens is 310 g/mol. The van der Waals surface area contributed by atoms with E-state index in [0.29, 0.717) is 13.0 Å². The molecule has 0 saturated carbocycles. The maximum Gasteiger partial charge on any atom is 0.322 e. The fourth-order valence-electron chi connectivity index (χ4n) is 1.64. The van der Waals surface area contributed by atoms with E-state index in [9.17, 15) is 9.59 Å². The van der Waals surface area contributed by atoms with E-state index in [2.05, 4.69) is 9.72 Å². The van der Waals surface area contributed by atoms with Crippen LogP contribution in [-0.2, 0) is 20.1 Å². The van der Waals surface area contributed by atoms with E-state index >= 15 is 0 Å². The number of methoxy groups -OCH3 is 1. The quantitative estimate of drug-likeness (QED) is 0.576. The molecule has 0 aromatic carbocycles. The van der Waals surface area contributed by atoms with Crippen molar-refractivity contribution >= 4 is 40.1 Å². The fourth-order valence-corrected chi connectivity index (χ4v) is 3.60. The Kier molecular flexibility index (Phi) is 7.69. The number of nitrogens with zero attached hydrogens (tertiary/aromatic N) is 2. The Labute approximate surface area is 133 Å². The summed E-state index contributed by atoms with van der Waals surface area (Å²) in [6, 6.07) is -0.568. The van der Waals surface area contributed by atoms with E-state index in [1.807, 2.05) is 12.3 Å². The number of aromatic nitrogens is 1. The smallest absolute Gasteiger partial charge is 0.322 e. The first-order chi connectivity index (χ1) is 9.99. The molecule has 0 aliphatic carbocycles. The molecule has 1 heterocycles. The van der Waals surface area contributed by atoms with Crippen LogP contribution in [0.15, 0.2) is 5.38 Å². The Morgan fingerprint density at radius 1 is 1.57 bits per heavy atom. The van der Waals surface area contributed by atoms with Crippen LogP contribution in [0.4, 0.5) is 5.13 Å². The highest BCUT2D eigenvalue weighted by Crippen LogP contribution is 2.23. The summed E-state index contributed by atoms with van der Waals surface area (Å²) in [5, 5.41) is 2.68. The minimum Gasteiger partial charge on any atom is -0.468 e. The maximum atomic E-state index is 11.4. The number of hydrogen-bond donors (Lipinski definition) is 1. The van der Waals surface area contributed by atoms with Crippen molar-refractivity contribution in [3.05, 3.63) is 11.1 Å². The number of carbonyl (C=O) groups is 2. The van der Waals surface area contributed by atoms with Gasteiger partial charge >= 0.3 is 5.97 Å². The van der Waals surface area contributed by atoms with Crippen molar-refractivity contribution in [2.45, 2.75) is 32.1 Å². The zero-order valence-corrected chi connectivity index (χ0v) is 14.1. The van der Waals surface area contributed by atoms with Gasteiger partial charge in [-0.25, -0.2) is 4.98 Å². The van der Waals surface area contributed by atoms with E-state index in [4.69, 9.17) is 5.73 Å². The van der Waals surface area contributed by atoms with E-state index in [0.717, 1.165) is 22.3 Å². The molecule has 6 nitrogen and oxygen atoms in total. The Morgan fingerprint density at radius 3 is 2.86 bits per heavy atom. The largest absolute Gasteiger partial charge is 0.468 e. The van der Waals surface area contributed by atoms with Crippen molar-refractivity contribution in [1.82, 2.24) is 4.98 Å². The minimum absolute atomic E-state index is 0.00453. The van der Waals surface area contributed by atoms with E-state index in [1.165, 1.54) is 25.4 Å². The standard InChI is InChI=1S/C13H21N3O3S2/c1-4-16(9(2)17)13-15-10(8-21-13)7-20-6-5-11(14)12(18)19-3/h8,11H,4-7,14H2,1-3H3. The normalized spacial score (nSPS) is 12.0. The van der Waals surface area contributed by atoms with Crippen LogP contribution in [0.2, 0.25) is 0 Å². The van der Waals surface area contributed by atoms with E-state index in [1.54, 1.807) is 16.7 Å². The third-order valence-corrected chi connectivity index (χ3v) is 4.73. The Morgan fingerprint density at radius 2 is 2.29 bits per heavy atom. The molecule has 21 heavy (non-hydrogen) atoms. The highest BCUT2D eigenvalue weighted by molar-refractivity contribution is 7.98. The molecule has 1 amide bonds. The van der Waals surface area contributed by atoms with Crippen LogP contribution in [0.5, 0.6) is 0 Å². The van der Waals surface area contributed by atoms with Crippen molar-refractivity contribution in [3.8, 4) is 0 Å². The SMILES string of the molecule is CCN(C(C)=O)c1nc(CSCCC(N)C(=O)OC)cs1. The first kappa shape index (κ1) is 17.9. The topological polar surface area (TPSA) is 85.5 Å². The zero-order valence-electron chi connectivity index (χ0n) is 12.5. The van der Waals surface area contributed by atoms with E-state index in [-0.39, 0.29) is 11.9 Å². The Balaban J connectivity index is 2.39. The molecule has 1 aromatic heterocycles. The monoisotopic (exact) mass is 331 g/mol. The van der Waals surface area contributed by atoms with Crippen LogP contribution in [0.1, 0.15) is 26.0 Å². The summed E-state index contributed by atoms with van der Waals surface area (Å²) in [6.45, 7) is 4.07. The number of esters is 1. The number of thioether (sulfide) groups is 1. The number of nitrogens with two attached hydrogens (primary N) is 1. The number of ether oxygens (including phenoxy) is 1. The van der Waals surface area contributed by atoms with Gasteiger partial charge in [-0.05, 0) is 19.1 Å². The number of carbonyl (C=O) groups excluding carboxylic acids is 2. The van der Waals surface area contributed by atoms with Crippen molar-refractivity contribution in [1.29, 1.82) is 0 Å². The summed E-state index contributed by atoms with van der Waals surface area (Å²) in [6.07, 6.45) is 0.572. The molecule has 0 saturated heterocycles. The van der Waals surface area contributed by atoms with Crippen molar-refractivity contribution in [2.24, 2.45) is 5.73 Å². The molecule has 0 aliphatic heterocycles. The average Bonchev–Trinajstić information content (AvgIpc) is 2.91. The van der Waals surface area contributed by atoms with Crippen LogP contribution in [0.25, 0.3) is 0 Å². The third-order valence-electron chi connectivity index (χ3n) is 2.79. The number of anilines is 1. The van der Waals surface area contributed by atoms with Crippen molar-refractivity contribution < 1.29 is 14.3 Å². The van der Waals surface area contributed by atoms with Crippen LogP contribution in [0.3, 0.4) is 0 Å².